The molecule has 4 rings (SSSR count). The van der Waals surface area contributed by atoms with Crippen molar-refractivity contribution in [3.63, 3.8) is 0 Å². The SMILES string of the molecule is C=CCOC(=O)c1sc(N2C(=O)C(=O)C(=C(O)c3ccc(OCCCC)cc3)[C@H]2c2ccc(OCC)cc2)nc1C. The van der Waals surface area contributed by atoms with Gasteiger partial charge >= 0.3 is 11.9 Å². The Morgan fingerprint density at radius 3 is 2.37 bits per heavy atom. The average Bonchev–Trinajstić information content (AvgIpc) is 3.48. The zero-order valence-electron chi connectivity index (χ0n) is 23.2. The van der Waals surface area contributed by atoms with Crippen molar-refractivity contribution < 1.29 is 33.7 Å². The van der Waals surface area contributed by atoms with Gasteiger partial charge in [0, 0.05) is 5.56 Å². The van der Waals surface area contributed by atoms with Crippen molar-refractivity contribution in [1.29, 1.82) is 0 Å². The van der Waals surface area contributed by atoms with Gasteiger partial charge in [0.15, 0.2) is 5.13 Å². The molecule has 1 saturated heterocycles. The van der Waals surface area contributed by atoms with Gasteiger partial charge in [0.1, 0.15) is 28.7 Å². The maximum Gasteiger partial charge on any atom is 0.350 e. The monoisotopic (exact) mass is 576 g/mol. The number of anilines is 1. The molecule has 1 aliphatic heterocycles. The van der Waals surface area contributed by atoms with Crippen LogP contribution >= 0.6 is 11.3 Å². The Hall–Kier alpha value is -4.44. The van der Waals surface area contributed by atoms with Crippen molar-refractivity contribution >= 4 is 39.9 Å². The normalized spacial score (nSPS) is 16.1. The molecule has 1 aromatic heterocycles. The maximum atomic E-state index is 13.5. The number of carbonyl (C=O) groups is 3. The lowest BCUT2D eigenvalue weighted by Crippen LogP contribution is -2.29. The van der Waals surface area contributed by atoms with E-state index >= 15 is 0 Å². The van der Waals surface area contributed by atoms with Crippen molar-refractivity contribution in [2.45, 2.75) is 39.7 Å². The molecule has 0 unspecified atom stereocenters. The van der Waals surface area contributed by atoms with E-state index in [4.69, 9.17) is 14.2 Å². The van der Waals surface area contributed by atoms with Gasteiger partial charge in [-0.15, -0.1) is 0 Å². The van der Waals surface area contributed by atoms with Crippen LogP contribution in [0.5, 0.6) is 11.5 Å². The van der Waals surface area contributed by atoms with Gasteiger partial charge < -0.3 is 19.3 Å². The summed E-state index contributed by atoms with van der Waals surface area (Å²) in [6, 6.07) is 12.6. The van der Waals surface area contributed by atoms with Gasteiger partial charge in [0.2, 0.25) is 0 Å². The quantitative estimate of drug-likeness (QED) is 0.0697. The lowest BCUT2D eigenvalue weighted by molar-refractivity contribution is -0.132. The number of unbranched alkanes of at least 4 members (excludes halogenated alkanes) is 1. The minimum Gasteiger partial charge on any atom is -0.507 e. The van der Waals surface area contributed by atoms with E-state index < -0.39 is 23.7 Å². The third-order valence-corrected chi connectivity index (χ3v) is 7.49. The summed E-state index contributed by atoms with van der Waals surface area (Å²) >= 11 is 0.939. The highest BCUT2D eigenvalue weighted by atomic mass is 32.1. The first-order chi connectivity index (χ1) is 19.8. The van der Waals surface area contributed by atoms with Crippen molar-refractivity contribution in [3.05, 3.63) is 88.5 Å². The molecule has 10 heteroatoms. The first kappa shape index (κ1) is 29.5. The molecule has 1 N–H and O–H groups in total. The number of carbonyl (C=O) groups excluding carboxylic acids is 3. The Labute approximate surface area is 242 Å². The smallest absolute Gasteiger partial charge is 0.350 e. The van der Waals surface area contributed by atoms with E-state index in [2.05, 4.69) is 18.5 Å². The molecule has 0 bridgehead atoms. The average molecular weight is 577 g/mol. The van der Waals surface area contributed by atoms with Crippen LogP contribution in [0.4, 0.5) is 5.13 Å². The number of esters is 1. The molecule has 1 aliphatic rings. The summed E-state index contributed by atoms with van der Waals surface area (Å²) in [5.74, 6) is -1.43. The zero-order valence-corrected chi connectivity index (χ0v) is 24.0. The fourth-order valence-electron chi connectivity index (χ4n) is 4.33. The molecule has 2 heterocycles. The molecule has 1 amide bonds. The highest BCUT2D eigenvalue weighted by Gasteiger charge is 2.48. The minimum absolute atomic E-state index is 0.0185. The lowest BCUT2D eigenvalue weighted by atomic mass is 9.95. The van der Waals surface area contributed by atoms with Crippen LogP contribution < -0.4 is 14.4 Å². The molecule has 41 heavy (non-hydrogen) atoms. The molecular weight excluding hydrogens is 544 g/mol. The number of nitrogens with zero attached hydrogens (tertiary/aromatic N) is 2. The number of benzene rings is 2. The second kappa shape index (κ2) is 13.3. The second-order valence-electron chi connectivity index (χ2n) is 9.20. The molecule has 0 saturated carbocycles. The summed E-state index contributed by atoms with van der Waals surface area (Å²) in [7, 11) is 0. The van der Waals surface area contributed by atoms with Crippen LogP contribution in [0.3, 0.4) is 0 Å². The predicted molar refractivity (Wildman–Crippen MR) is 157 cm³/mol. The number of hydrogen-bond donors (Lipinski definition) is 1. The molecule has 0 aliphatic carbocycles. The predicted octanol–water partition coefficient (Wildman–Crippen LogP) is 6.00. The number of hydrogen-bond acceptors (Lipinski definition) is 9. The number of Topliss-reactive ketones (excluding diaryl/α,β-unsaturated/α-hetero) is 1. The van der Waals surface area contributed by atoms with Gasteiger partial charge in [-0.25, -0.2) is 9.78 Å². The van der Waals surface area contributed by atoms with Crippen LogP contribution in [-0.2, 0) is 14.3 Å². The van der Waals surface area contributed by atoms with Crippen molar-refractivity contribution in [3.8, 4) is 11.5 Å². The summed E-state index contributed by atoms with van der Waals surface area (Å²) in [5, 5.41) is 11.5. The van der Waals surface area contributed by atoms with Crippen LogP contribution in [-0.4, -0.2) is 47.6 Å². The second-order valence-corrected chi connectivity index (χ2v) is 10.2. The largest absolute Gasteiger partial charge is 0.507 e. The molecule has 1 fully saturated rings. The number of aliphatic hydroxyl groups excluding tert-OH is 1. The minimum atomic E-state index is -1.01. The van der Waals surface area contributed by atoms with E-state index in [1.165, 1.54) is 11.0 Å². The summed E-state index contributed by atoms with van der Waals surface area (Å²) in [5.41, 5.74) is 1.16. The van der Waals surface area contributed by atoms with Gasteiger partial charge in [-0.05, 0) is 62.2 Å². The number of aryl methyl sites for hydroxylation is 1. The third kappa shape index (κ3) is 6.33. The maximum absolute atomic E-state index is 13.5. The molecule has 1 atom stereocenters. The van der Waals surface area contributed by atoms with Crippen LogP contribution in [0.1, 0.15) is 59.2 Å². The van der Waals surface area contributed by atoms with Crippen molar-refractivity contribution in [2.75, 3.05) is 24.7 Å². The Bertz CT molecular complexity index is 1460. The number of ketones is 1. The first-order valence-electron chi connectivity index (χ1n) is 13.3. The van der Waals surface area contributed by atoms with Gasteiger partial charge in [0.05, 0.1) is 30.5 Å². The van der Waals surface area contributed by atoms with Crippen LogP contribution in [0.15, 0.2) is 66.8 Å². The summed E-state index contributed by atoms with van der Waals surface area (Å²) in [6.07, 6.45) is 3.36. The van der Waals surface area contributed by atoms with Crippen molar-refractivity contribution in [2.24, 2.45) is 0 Å². The fraction of sp³-hybridized carbons (Fsp3) is 0.290. The molecule has 0 radical (unpaired) electrons. The Balaban J connectivity index is 1.79. The van der Waals surface area contributed by atoms with Gasteiger partial charge in [-0.1, -0.05) is 49.5 Å². The van der Waals surface area contributed by atoms with Crippen LogP contribution in [0.2, 0.25) is 0 Å². The van der Waals surface area contributed by atoms with Crippen LogP contribution in [0.25, 0.3) is 5.76 Å². The molecule has 9 nitrogen and oxygen atoms in total. The first-order valence-corrected chi connectivity index (χ1v) is 14.1. The van der Waals surface area contributed by atoms with E-state index in [1.54, 1.807) is 55.5 Å². The summed E-state index contributed by atoms with van der Waals surface area (Å²) < 4.78 is 16.4. The molecule has 0 spiro atoms. The number of amides is 1. The molecule has 214 valence electrons. The number of thiazole rings is 1. The Kier molecular flexibility index (Phi) is 9.57. The van der Waals surface area contributed by atoms with Gasteiger partial charge in [-0.2, -0.15) is 0 Å². The van der Waals surface area contributed by atoms with Gasteiger partial charge in [0.25, 0.3) is 5.78 Å². The molecule has 2 aromatic carbocycles. The Morgan fingerprint density at radius 2 is 1.73 bits per heavy atom. The van der Waals surface area contributed by atoms with Gasteiger partial charge in [-0.3, -0.25) is 14.5 Å². The van der Waals surface area contributed by atoms with E-state index in [1.807, 2.05) is 6.92 Å². The third-order valence-electron chi connectivity index (χ3n) is 6.35. The van der Waals surface area contributed by atoms with E-state index in [0.29, 0.717) is 41.5 Å². The number of aliphatic hydroxyl groups is 1. The highest BCUT2D eigenvalue weighted by molar-refractivity contribution is 7.17. The van der Waals surface area contributed by atoms with E-state index in [-0.39, 0.29) is 27.9 Å². The topological polar surface area (TPSA) is 115 Å². The number of ether oxygens (including phenoxy) is 3. The number of aromatic nitrogens is 1. The van der Waals surface area contributed by atoms with E-state index in [0.717, 1.165) is 24.2 Å². The van der Waals surface area contributed by atoms with Crippen molar-refractivity contribution in [1.82, 2.24) is 4.98 Å². The number of rotatable bonds is 12. The van der Waals surface area contributed by atoms with Crippen LogP contribution in [0, 0.1) is 6.92 Å². The lowest BCUT2D eigenvalue weighted by Gasteiger charge is -2.23. The van der Waals surface area contributed by atoms with E-state index in [9.17, 15) is 19.5 Å². The highest BCUT2D eigenvalue weighted by Crippen LogP contribution is 2.44. The molecule has 3 aromatic rings. The zero-order chi connectivity index (χ0) is 29.5. The fourth-order valence-corrected chi connectivity index (χ4v) is 5.32. The summed E-state index contributed by atoms with van der Waals surface area (Å²) in [6.45, 7) is 10.2. The standard InChI is InChI=1S/C31H32N2O7S/c1-5-8-18-39-23-15-11-21(12-16-23)26(34)24-25(20-9-13-22(14-10-20)38-7-3)33(29(36)27(24)35)31-32-19(4)28(41-31)30(37)40-17-6-2/h6,9-16,25,34H,2,5,7-8,17-18H2,1,3-4H3/t25-/m1/s1. The summed E-state index contributed by atoms with van der Waals surface area (Å²) in [4.78, 5) is 45.4. The Morgan fingerprint density at radius 1 is 1.07 bits per heavy atom. The molecular formula is C31H32N2O7S.